The van der Waals surface area contributed by atoms with Crippen molar-refractivity contribution in [2.45, 2.75) is 19.8 Å². The molecular formula is C27H32N4O2S. The van der Waals surface area contributed by atoms with Gasteiger partial charge in [0.2, 0.25) is 0 Å². The van der Waals surface area contributed by atoms with Gasteiger partial charge in [0.1, 0.15) is 0 Å². The third kappa shape index (κ3) is 6.68. The van der Waals surface area contributed by atoms with Gasteiger partial charge in [-0.25, -0.2) is 0 Å². The minimum atomic E-state index is -0.160. The van der Waals surface area contributed by atoms with Crippen LogP contribution in [-0.4, -0.2) is 56.0 Å². The van der Waals surface area contributed by atoms with E-state index in [1.807, 2.05) is 11.4 Å². The van der Waals surface area contributed by atoms with Gasteiger partial charge in [0, 0.05) is 49.7 Å². The topological polar surface area (TPSA) is 64.7 Å². The zero-order valence-corrected chi connectivity index (χ0v) is 20.4. The summed E-state index contributed by atoms with van der Waals surface area (Å²) in [5.74, 6) is -0.272. The molecule has 1 saturated heterocycles. The van der Waals surface area contributed by atoms with Gasteiger partial charge >= 0.3 is 0 Å². The molecule has 2 aromatic carbocycles. The molecule has 2 N–H and O–H groups in total. The third-order valence-electron chi connectivity index (χ3n) is 6.05. The van der Waals surface area contributed by atoms with Crippen molar-refractivity contribution in [3.63, 3.8) is 0 Å². The van der Waals surface area contributed by atoms with Gasteiger partial charge in [0.05, 0.1) is 4.88 Å². The van der Waals surface area contributed by atoms with Crippen LogP contribution < -0.4 is 15.5 Å². The Labute approximate surface area is 205 Å². The number of hydrogen-bond donors (Lipinski definition) is 2. The Kier molecular flexibility index (Phi) is 8.33. The first-order valence-corrected chi connectivity index (χ1v) is 12.7. The van der Waals surface area contributed by atoms with E-state index in [0.717, 1.165) is 45.6 Å². The van der Waals surface area contributed by atoms with Gasteiger partial charge in [-0.1, -0.05) is 24.3 Å². The summed E-state index contributed by atoms with van der Waals surface area (Å²) in [5, 5.41) is 7.72. The molecule has 0 bridgehead atoms. The van der Waals surface area contributed by atoms with E-state index >= 15 is 0 Å². The summed E-state index contributed by atoms with van der Waals surface area (Å²) in [6, 6.07) is 19.4. The first-order valence-electron chi connectivity index (χ1n) is 11.9. The number of anilines is 2. The molecule has 0 saturated carbocycles. The fourth-order valence-electron chi connectivity index (χ4n) is 4.16. The van der Waals surface area contributed by atoms with Crippen molar-refractivity contribution < 1.29 is 9.59 Å². The van der Waals surface area contributed by atoms with Crippen LogP contribution in [0.4, 0.5) is 11.4 Å². The van der Waals surface area contributed by atoms with Crippen LogP contribution in [0, 0.1) is 6.92 Å². The molecule has 1 fully saturated rings. The Hall–Kier alpha value is -3.16. The van der Waals surface area contributed by atoms with E-state index in [1.54, 1.807) is 30.3 Å². The van der Waals surface area contributed by atoms with Gasteiger partial charge in [-0.05, 0) is 73.7 Å². The summed E-state index contributed by atoms with van der Waals surface area (Å²) in [6.45, 7) is 8.10. The molecule has 7 heteroatoms. The SMILES string of the molecule is Cc1cccc(N2CCN(CCCCNC(=O)c3cccc(NC(=O)c4cccs4)c3)CC2)c1. The Bertz CT molecular complexity index is 1090. The van der Waals surface area contributed by atoms with E-state index in [1.165, 1.54) is 22.6 Å². The van der Waals surface area contributed by atoms with E-state index < -0.39 is 0 Å². The number of carbonyl (C=O) groups excluding carboxylic acids is 2. The minimum Gasteiger partial charge on any atom is -0.369 e. The molecule has 6 nitrogen and oxygen atoms in total. The van der Waals surface area contributed by atoms with Crippen molar-refractivity contribution in [1.82, 2.24) is 10.2 Å². The van der Waals surface area contributed by atoms with Gasteiger partial charge < -0.3 is 15.5 Å². The molecule has 3 aromatic rings. The molecule has 1 aliphatic heterocycles. The number of thiophene rings is 1. The van der Waals surface area contributed by atoms with E-state index in [0.29, 0.717) is 22.7 Å². The first kappa shape index (κ1) is 24.0. The molecule has 2 amide bonds. The zero-order chi connectivity index (χ0) is 23.8. The summed E-state index contributed by atoms with van der Waals surface area (Å²) in [6.07, 6.45) is 2.00. The molecule has 0 radical (unpaired) electrons. The lowest BCUT2D eigenvalue weighted by Gasteiger charge is -2.36. The van der Waals surface area contributed by atoms with Gasteiger partial charge in [-0.3, -0.25) is 14.5 Å². The van der Waals surface area contributed by atoms with Crippen LogP contribution in [0.5, 0.6) is 0 Å². The lowest BCUT2D eigenvalue weighted by Crippen LogP contribution is -2.46. The van der Waals surface area contributed by atoms with E-state index in [2.05, 4.69) is 51.6 Å². The maximum atomic E-state index is 12.5. The average molecular weight is 477 g/mol. The molecule has 2 heterocycles. The van der Waals surface area contributed by atoms with Crippen LogP contribution in [-0.2, 0) is 0 Å². The fraction of sp³-hybridized carbons (Fsp3) is 0.333. The number of amides is 2. The first-order chi connectivity index (χ1) is 16.6. The summed E-state index contributed by atoms with van der Waals surface area (Å²) < 4.78 is 0. The fourth-order valence-corrected chi connectivity index (χ4v) is 4.78. The van der Waals surface area contributed by atoms with Crippen LogP contribution in [0.25, 0.3) is 0 Å². The molecule has 1 aliphatic rings. The second kappa shape index (κ2) is 11.8. The normalized spacial score (nSPS) is 14.1. The lowest BCUT2D eigenvalue weighted by atomic mass is 10.1. The molecule has 4 rings (SSSR count). The van der Waals surface area contributed by atoms with Crippen molar-refractivity contribution in [2.75, 3.05) is 49.5 Å². The minimum absolute atomic E-state index is 0.112. The van der Waals surface area contributed by atoms with Crippen molar-refractivity contribution in [3.05, 3.63) is 82.0 Å². The van der Waals surface area contributed by atoms with Gasteiger partial charge in [-0.2, -0.15) is 0 Å². The highest BCUT2D eigenvalue weighted by Crippen LogP contribution is 2.18. The maximum Gasteiger partial charge on any atom is 0.265 e. The second-order valence-electron chi connectivity index (χ2n) is 8.64. The van der Waals surface area contributed by atoms with Crippen LogP contribution in [0.1, 0.15) is 38.4 Å². The highest BCUT2D eigenvalue weighted by atomic mass is 32.1. The van der Waals surface area contributed by atoms with Crippen molar-refractivity contribution in [1.29, 1.82) is 0 Å². The lowest BCUT2D eigenvalue weighted by molar-refractivity contribution is 0.0951. The van der Waals surface area contributed by atoms with Crippen molar-refractivity contribution >= 4 is 34.5 Å². The number of benzene rings is 2. The Morgan fingerprint density at radius 1 is 0.912 bits per heavy atom. The molecule has 1 aromatic heterocycles. The van der Waals surface area contributed by atoms with Crippen LogP contribution >= 0.6 is 11.3 Å². The van der Waals surface area contributed by atoms with E-state index in [9.17, 15) is 9.59 Å². The average Bonchev–Trinajstić information content (AvgIpc) is 3.40. The number of hydrogen-bond acceptors (Lipinski definition) is 5. The number of rotatable bonds is 9. The summed E-state index contributed by atoms with van der Waals surface area (Å²) in [5.41, 5.74) is 3.79. The van der Waals surface area contributed by atoms with Crippen LogP contribution in [0.3, 0.4) is 0 Å². The quantitative estimate of drug-likeness (QED) is 0.442. The van der Waals surface area contributed by atoms with Crippen LogP contribution in [0.15, 0.2) is 66.0 Å². The predicted molar refractivity (Wildman–Crippen MR) is 140 cm³/mol. The number of aryl methyl sites for hydroxylation is 1. The van der Waals surface area contributed by atoms with Gasteiger partial charge in [-0.15, -0.1) is 11.3 Å². The Morgan fingerprint density at radius 2 is 1.74 bits per heavy atom. The number of nitrogens with zero attached hydrogens (tertiary/aromatic N) is 2. The highest BCUT2D eigenvalue weighted by Gasteiger charge is 2.17. The molecular weight excluding hydrogens is 444 g/mol. The number of unbranched alkanes of at least 4 members (excludes halogenated alkanes) is 1. The third-order valence-corrected chi connectivity index (χ3v) is 6.92. The van der Waals surface area contributed by atoms with Crippen LogP contribution in [0.2, 0.25) is 0 Å². The molecule has 0 spiro atoms. The van der Waals surface area contributed by atoms with E-state index in [4.69, 9.17) is 0 Å². The smallest absolute Gasteiger partial charge is 0.265 e. The predicted octanol–water partition coefficient (Wildman–Crippen LogP) is 4.64. The molecule has 34 heavy (non-hydrogen) atoms. The van der Waals surface area contributed by atoms with Gasteiger partial charge in [0.25, 0.3) is 11.8 Å². The highest BCUT2D eigenvalue weighted by molar-refractivity contribution is 7.12. The molecule has 0 aliphatic carbocycles. The van der Waals surface area contributed by atoms with Gasteiger partial charge in [0.15, 0.2) is 0 Å². The van der Waals surface area contributed by atoms with Crippen molar-refractivity contribution in [2.24, 2.45) is 0 Å². The Morgan fingerprint density at radius 3 is 2.50 bits per heavy atom. The molecule has 178 valence electrons. The number of carbonyl (C=O) groups is 2. The van der Waals surface area contributed by atoms with Crippen molar-refractivity contribution in [3.8, 4) is 0 Å². The van der Waals surface area contributed by atoms with E-state index in [-0.39, 0.29) is 11.8 Å². The second-order valence-corrected chi connectivity index (χ2v) is 9.59. The maximum absolute atomic E-state index is 12.5. The number of nitrogens with one attached hydrogen (secondary N) is 2. The number of piperazine rings is 1. The molecule has 0 unspecified atom stereocenters. The Balaban J connectivity index is 1.14. The summed E-state index contributed by atoms with van der Waals surface area (Å²) >= 11 is 1.39. The summed E-state index contributed by atoms with van der Waals surface area (Å²) in [4.78, 5) is 30.4. The zero-order valence-electron chi connectivity index (χ0n) is 19.6. The summed E-state index contributed by atoms with van der Waals surface area (Å²) in [7, 11) is 0. The largest absolute Gasteiger partial charge is 0.369 e. The monoisotopic (exact) mass is 476 g/mol. The molecule has 0 atom stereocenters. The standard InChI is InChI=1S/C27H32N4O2S/c1-21-7-4-10-24(19-21)31-16-14-30(15-17-31)13-3-2-12-28-26(32)22-8-5-9-23(20-22)29-27(33)25-11-6-18-34-25/h4-11,18-20H,2-3,12-17H2,1H3,(H,28,32)(H,29,33).